The number of hydrogen-bond acceptors (Lipinski definition) is 12. The number of benzene rings is 4. The number of fused-ring (bicyclic) bond motifs is 2. The standard InChI is InChI=1S/C44H45FN8O7S2/c1-50(2)35-13-7-12-30-29(35)11-8-14-38(30)62(59,60)49-28-10-6-9-27(23-28)34-26-61-44(46-34)48-39(54)15-4-3-5-18-51-19-21-52(22-20-51)37-25-32-31(24-33(37)45)42(57)53(43(32)58)36-16-17-40(55)47-41(36)56/h6-14,23-26,36,49H,3-5,15-22H2,1-2H3,(H,46,48,54)(H,47,55,56). The third-order valence-corrected chi connectivity index (χ3v) is 13.6. The van der Waals surface area contributed by atoms with Gasteiger partial charge in [-0.3, -0.25) is 43.8 Å². The number of nitrogens with one attached hydrogen (secondary N) is 3. The molecule has 3 aliphatic heterocycles. The molecular weight excluding hydrogens is 836 g/mol. The van der Waals surface area contributed by atoms with Crippen molar-refractivity contribution in [3.63, 3.8) is 0 Å². The molecule has 1 aromatic heterocycles. The fourth-order valence-corrected chi connectivity index (χ4v) is 10.2. The zero-order chi connectivity index (χ0) is 43.7. The van der Waals surface area contributed by atoms with E-state index in [1.807, 2.05) is 53.5 Å². The number of piperazine rings is 1. The maximum absolute atomic E-state index is 15.3. The smallest absolute Gasteiger partial charge is 0.262 e. The summed E-state index contributed by atoms with van der Waals surface area (Å²) in [6.07, 6.45) is 2.73. The van der Waals surface area contributed by atoms with E-state index < -0.39 is 45.5 Å². The number of halogens is 1. The molecule has 5 amide bonds. The van der Waals surface area contributed by atoms with Crippen LogP contribution in [0.2, 0.25) is 0 Å². The number of nitrogens with zero attached hydrogens (tertiary/aromatic N) is 5. The largest absolute Gasteiger partial charge is 0.377 e. The van der Waals surface area contributed by atoms with Crippen LogP contribution >= 0.6 is 11.3 Å². The quantitative estimate of drug-likeness (QED) is 0.0921. The molecule has 15 nitrogen and oxygen atoms in total. The number of piperidine rings is 1. The van der Waals surface area contributed by atoms with Gasteiger partial charge in [0.25, 0.3) is 21.8 Å². The van der Waals surface area contributed by atoms with Crippen LogP contribution in [0.15, 0.2) is 83.1 Å². The van der Waals surface area contributed by atoms with Gasteiger partial charge in [-0.1, -0.05) is 42.8 Å². The van der Waals surface area contributed by atoms with Crippen molar-refractivity contribution in [2.24, 2.45) is 0 Å². The minimum Gasteiger partial charge on any atom is -0.377 e. The first-order chi connectivity index (χ1) is 29.8. The van der Waals surface area contributed by atoms with Gasteiger partial charge in [0.15, 0.2) is 5.13 Å². The molecule has 0 spiro atoms. The molecule has 5 aromatic rings. The molecule has 0 radical (unpaired) electrons. The number of anilines is 4. The summed E-state index contributed by atoms with van der Waals surface area (Å²) in [4.78, 5) is 74.8. The molecule has 1 atom stereocenters. The van der Waals surface area contributed by atoms with Crippen LogP contribution in [-0.4, -0.2) is 106 Å². The van der Waals surface area contributed by atoms with E-state index in [1.165, 1.54) is 17.4 Å². The van der Waals surface area contributed by atoms with Gasteiger partial charge < -0.3 is 15.1 Å². The maximum Gasteiger partial charge on any atom is 0.262 e. The van der Waals surface area contributed by atoms with Crippen LogP contribution in [0.3, 0.4) is 0 Å². The van der Waals surface area contributed by atoms with E-state index in [2.05, 4.69) is 25.2 Å². The van der Waals surface area contributed by atoms with Gasteiger partial charge in [0.1, 0.15) is 11.9 Å². The summed E-state index contributed by atoms with van der Waals surface area (Å²) in [7, 11) is -0.104. The summed E-state index contributed by atoms with van der Waals surface area (Å²) in [6.45, 7) is 3.15. The summed E-state index contributed by atoms with van der Waals surface area (Å²) in [5, 5.41) is 8.75. The number of carbonyl (C=O) groups is 5. The molecule has 4 heterocycles. The number of unbranched alkanes of at least 4 members (excludes halogenated alkanes) is 2. The second-order valence-electron chi connectivity index (χ2n) is 15.7. The van der Waals surface area contributed by atoms with Crippen molar-refractivity contribution >= 4 is 83.9 Å². The van der Waals surface area contributed by atoms with Crippen molar-refractivity contribution < 1.29 is 36.8 Å². The molecule has 18 heteroatoms. The number of hydrogen-bond donors (Lipinski definition) is 3. The maximum atomic E-state index is 15.3. The SMILES string of the molecule is CN(C)c1cccc2c(S(=O)(=O)Nc3cccc(-c4csc(NC(=O)CCCCCN5CCN(c6cc7c(cc6F)C(=O)N(C6CCC(=O)NC6=O)C7=O)CC5)n4)c3)cccc12. The van der Waals surface area contributed by atoms with Crippen molar-refractivity contribution in [3.8, 4) is 11.3 Å². The number of rotatable bonds is 14. The number of thiazole rings is 1. The van der Waals surface area contributed by atoms with Crippen LogP contribution in [0.25, 0.3) is 22.0 Å². The van der Waals surface area contributed by atoms with Gasteiger partial charge in [-0.05, 0) is 62.2 Å². The summed E-state index contributed by atoms with van der Waals surface area (Å²) >= 11 is 1.29. The van der Waals surface area contributed by atoms with Crippen molar-refractivity contribution in [2.45, 2.75) is 49.5 Å². The molecular formula is C44H45FN8O7S2. The highest BCUT2D eigenvalue weighted by Gasteiger charge is 2.45. The summed E-state index contributed by atoms with van der Waals surface area (Å²) in [6, 6.07) is 19.1. The van der Waals surface area contributed by atoms with Crippen LogP contribution in [0.4, 0.5) is 26.6 Å². The lowest BCUT2D eigenvalue weighted by Crippen LogP contribution is -2.54. The van der Waals surface area contributed by atoms with E-state index >= 15 is 4.39 Å². The monoisotopic (exact) mass is 880 g/mol. The molecule has 0 bridgehead atoms. The normalized spacial score (nSPS) is 17.0. The Morgan fingerprint density at radius 1 is 0.903 bits per heavy atom. The van der Waals surface area contributed by atoms with Crippen LogP contribution in [-0.2, 0) is 24.4 Å². The predicted octanol–water partition coefficient (Wildman–Crippen LogP) is 5.69. The van der Waals surface area contributed by atoms with Crippen LogP contribution < -0.4 is 25.2 Å². The molecule has 0 saturated carbocycles. The van der Waals surface area contributed by atoms with Crippen molar-refractivity contribution in [3.05, 3.63) is 95.1 Å². The van der Waals surface area contributed by atoms with Crippen LogP contribution in [0.1, 0.15) is 59.2 Å². The van der Waals surface area contributed by atoms with E-state index in [0.29, 0.717) is 66.5 Å². The third kappa shape index (κ3) is 8.75. The van der Waals surface area contributed by atoms with Crippen molar-refractivity contribution in [2.75, 3.05) is 66.7 Å². The minimum atomic E-state index is -3.93. The zero-order valence-corrected chi connectivity index (χ0v) is 35.8. The highest BCUT2D eigenvalue weighted by Crippen LogP contribution is 2.35. The van der Waals surface area contributed by atoms with Gasteiger partial charge in [-0.2, -0.15) is 0 Å². The highest BCUT2D eigenvalue weighted by atomic mass is 32.2. The van der Waals surface area contributed by atoms with Gasteiger partial charge in [-0.15, -0.1) is 11.3 Å². The molecule has 3 N–H and O–H groups in total. The summed E-state index contributed by atoms with van der Waals surface area (Å²) in [5.74, 6) is -3.37. The van der Waals surface area contributed by atoms with Crippen LogP contribution in [0.5, 0.6) is 0 Å². The van der Waals surface area contributed by atoms with E-state index in [9.17, 15) is 32.4 Å². The van der Waals surface area contributed by atoms with E-state index in [4.69, 9.17) is 0 Å². The topological polar surface area (TPSA) is 181 Å². The first-order valence-corrected chi connectivity index (χ1v) is 22.7. The number of sulfonamides is 1. The average Bonchev–Trinajstić information content (AvgIpc) is 3.81. The lowest BCUT2D eigenvalue weighted by Gasteiger charge is -2.36. The Morgan fingerprint density at radius 2 is 1.63 bits per heavy atom. The van der Waals surface area contributed by atoms with Crippen molar-refractivity contribution in [1.82, 2.24) is 20.1 Å². The second kappa shape index (κ2) is 17.6. The summed E-state index contributed by atoms with van der Waals surface area (Å²) in [5.41, 5.74) is 2.77. The number of imide groups is 2. The lowest BCUT2D eigenvalue weighted by atomic mass is 10.0. The average molecular weight is 881 g/mol. The Kier molecular flexibility index (Phi) is 12.1. The van der Waals surface area contributed by atoms with Gasteiger partial charge in [0, 0.05) is 86.2 Å². The molecule has 2 saturated heterocycles. The minimum absolute atomic E-state index is 0.000857. The Balaban J connectivity index is 0.778. The zero-order valence-electron chi connectivity index (χ0n) is 34.1. The van der Waals surface area contributed by atoms with Crippen molar-refractivity contribution in [1.29, 1.82) is 0 Å². The first kappa shape index (κ1) is 42.5. The second-order valence-corrected chi connectivity index (χ2v) is 18.2. The number of amides is 5. The Bertz CT molecular complexity index is 2720. The Labute approximate surface area is 361 Å². The summed E-state index contributed by atoms with van der Waals surface area (Å²) < 4.78 is 45.3. The Hall–Kier alpha value is -6.24. The molecule has 2 fully saturated rings. The Morgan fingerprint density at radius 3 is 2.39 bits per heavy atom. The van der Waals surface area contributed by atoms with Gasteiger partial charge >= 0.3 is 0 Å². The van der Waals surface area contributed by atoms with Gasteiger partial charge in [0.2, 0.25) is 17.7 Å². The lowest BCUT2D eigenvalue weighted by molar-refractivity contribution is -0.136. The fraction of sp³-hybridized carbons (Fsp3) is 0.318. The van der Waals surface area contributed by atoms with Crippen LogP contribution in [0, 0.1) is 5.82 Å². The molecule has 62 heavy (non-hydrogen) atoms. The molecule has 3 aliphatic rings. The van der Waals surface area contributed by atoms with Gasteiger partial charge in [-0.25, -0.2) is 17.8 Å². The van der Waals surface area contributed by atoms with E-state index in [0.717, 1.165) is 41.4 Å². The predicted molar refractivity (Wildman–Crippen MR) is 235 cm³/mol. The number of aromatic nitrogens is 1. The number of carbonyl (C=O) groups excluding carboxylic acids is 5. The van der Waals surface area contributed by atoms with E-state index in [1.54, 1.807) is 36.4 Å². The van der Waals surface area contributed by atoms with E-state index in [-0.39, 0.29) is 40.5 Å². The first-order valence-electron chi connectivity index (χ1n) is 20.4. The highest BCUT2D eigenvalue weighted by molar-refractivity contribution is 7.93. The fourth-order valence-electron chi connectivity index (χ4n) is 8.22. The molecule has 0 aliphatic carbocycles. The third-order valence-electron chi connectivity index (χ3n) is 11.4. The molecule has 1 unspecified atom stereocenters. The molecule has 8 rings (SSSR count). The molecule has 322 valence electrons. The molecule has 4 aromatic carbocycles. The van der Waals surface area contributed by atoms with Gasteiger partial charge in [0.05, 0.1) is 27.4 Å².